The van der Waals surface area contributed by atoms with Crippen LogP contribution >= 0.6 is 24.0 Å². The van der Waals surface area contributed by atoms with Gasteiger partial charge in [0.1, 0.15) is 21.8 Å². The summed E-state index contributed by atoms with van der Waals surface area (Å²) in [5, 5.41) is 9.87. The van der Waals surface area contributed by atoms with E-state index in [1.165, 1.54) is 11.8 Å². The van der Waals surface area contributed by atoms with Crippen LogP contribution in [0, 0.1) is 24.2 Å². The number of hydrogen-bond acceptors (Lipinski definition) is 8. The fourth-order valence-corrected chi connectivity index (χ4v) is 6.21. The standard InChI is InChI=1S/C27H36N4O4S2/c1-6-9-12-30-23(29-13-10-19(11-14-29)26(34)35-8-3)20(18(5)21(16-28)24(30)32)15-22-25(33)31(17(4)7-2)27(36)37-22/h15,17,19H,6-14H2,1-5H3/b22-15-. The topological polar surface area (TPSA) is 95.6 Å². The molecule has 0 aliphatic carbocycles. The number of anilines is 1. The number of nitriles is 1. The summed E-state index contributed by atoms with van der Waals surface area (Å²) in [6.07, 6.45) is 5.45. The zero-order valence-corrected chi connectivity index (χ0v) is 24.0. The largest absolute Gasteiger partial charge is 0.466 e. The first kappa shape index (κ1) is 28.9. The van der Waals surface area contributed by atoms with Crippen LogP contribution in [0.4, 0.5) is 5.82 Å². The number of nitrogens with zero attached hydrogens (tertiary/aromatic N) is 4. The van der Waals surface area contributed by atoms with Crippen molar-refractivity contribution in [1.82, 2.24) is 9.47 Å². The van der Waals surface area contributed by atoms with Gasteiger partial charge in [-0.1, -0.05) is 44.2 Å². The van der Waals surface area contributed by atoms with Gasteiger partial charge < -0.3 is 9.64 Å². The van der Waals surface area contributed by atoms with Gasteiger partial charge in [-0.05, 0) is 58.1 Å². The Balaban J connectivity index is 2.14. The zero-order chi connectivity index (χ0) is 27.3. The van der Waals surface area contributed by atoms with E-state index in [2.05, 4.69) is 17.9 Å². The maximum atomic E-state index is 13.5. The normalized spacial score (nSPS) is 18.4. The number of rotatable bonds is 9. The first-order valence-electron chi connectivity index (χ1n) is 13.1. The third kappa shape index (κ3) is 5.93. The lowest BCUT2D eigenvalue weighted by Gasteiger charge is -2.35. The SMILES string of the molecule is CCCCn1c(N2CCC(C(=O)OCC)CC2)c(/C=C2\SC(=S)N(C(C)CC)C2=O)c(C)c(C#N)c1=O. The van der Waals surface area contributed by atoms with Crippen LogP contribution in [0.15, 0.2) is 9.70 Å². The molecule has 37 heavy (non-hydrogen) atoms. The summed E-state index contributed by atoms with van der Waals surface area (Å²) >= 11 is 6.78. The number of ether oxygens (including phenoxy) is 1. The highest BCUT2D eigenvalue weighted by Gasteiger charge is 2.36. The number of unbranched alkanes of at least 4 members (excludes halogenated alkanes) is 1. The molecular weight excluding hydrogens is 508 g/mol. The third-order valence-corrected chi connectivity index (χ3v) is 8.46. The molecule has 0 aromatic carbocycles. The van der Waals surface area contributed by atoms with Gasteiger partial charge in [0.15, 0.2) is 0 Å². The molecule has 0 spiro atoms. The molecule has 0 radical (unpaired) electrons. The van der Waals surface area contributed by atoms with E-state index in [0.29, 0.717) is 65.3 Å². The summed E-state index contributed by atoms with van der Waals surface area (Å²) in [4.78, 5) is 43.3. The van der Waals surface area contributed by atoms with E-state index in [0.717, 1.165) is 19.3 Å². The molecule has 1 aromatic rings. The lowest BCUT2D eigenvalue weighted by atomic mass is 9.95. The number of pyridine rings is 1. The average molecular weight is 545 g/mol. The van der Waals surface area contributed by atoms with Crippen molar-refractivity contribution in [3.63, 3.8) is 0 Å². The minimum absolute atomic E-state index is 0.0194. The fraction of sp³-hybridized carbons (Fsp3) is 0.593. The van der Waals surface area contributed by atoms with E-state index in [9.17, 15) is 19.6 Å². The van der Waals surface area contributed by atoms with Crippen molar-refractivity contribution >= 4 is 52.1 Å². The second-order valence-electron chi connectivity index (χ2n) is 9.48. The Kier molecular flexibility index (Phi) is 9.96. The van der Waals surface area contributed by atoms with Gasteiger partial charge in [0.2, 0.25) is 0 Å². The third-order valence-electron chi connectivity index (χ3n) is 7.13. The molecule has 10 heteroatoms. The number of amides is 1. The van der Waals surface area contributed by atoms with E-state index >= 15 is 0 Å². The molecule has 0 saturated carbocycles. The van der Waals surface area contributed by atoms with Gasteiger partial charge >= 0.3 is 5.97 Å². The molecule has 3 rings (SSSR count). The maximum Gasteiger partial charge on any atom is 0.309 e. The summed E-state index contributed by atoms with van der Waals surface area (Å²) in [6, 6.07) is 2.08. The first-order valence-corrected chi connectivity index (χ1v) is 14.3. The monoisotopic (exact) mass is 544 g/mol. The number of esters is 1. The highest BCUT2D eigenvalue weighted by molar-refractivity contribution is 8.26. The second kappa shape index (κ2) is 12.7. The maximum absolute atomic E-state index is 13.5. The molecule has 2 fully saturated rings. The van der Waals surface area contributed by atoms with Gasteiger partial charge in [-0.3, -0.25) is 23.9 Å². The van der Waals surface area contributed by atoms with Gasteiger partial charge in [-0.15, -0.1) is 0 Å². The first-order chi connectivity index (χ1) is 17.7. The van der Waals surface area contributed by atoms with Crippen molar-refractivity contribution in [3.8, 4) is 6.07 Å². The number of thiocarbonyl (C=S) groups is 1. The number of hydrogen-bond donors (Lipinski definition) is 0. The lowest BCUT2D eigenvalue weighted by Crippen LogP contribution is -2.41. The lowest BCUT2D eigenvalue weighted by molar-refractivity contribution is -0.148. The van der Waals surface area contributed by atoms with Crippen molar-refractivity contribution in [3.05, 3.63) is 31.9 Å². The van der Waals surface area contributed by atoms with Crippen molar-refractivity contribution in [2.45, 2.75) is 79.3 Å². The van der Waals surface area contributed by atoms with Crippen LogP contribution in [0.3, 0.4) is 0 Å². The van der Waals surface area contributed by atoms with Crippen molar-refractivity contribution in [2.24, 2.45) is 5.92 Å². The van der Waals surface area contributed by atoms with E-state index in [4.69, 9.17) is 17.0 Å². The van der Waals surface area contributed by atoms with Gasteiger partial charge in [0, 0.05) is 31.2 Å². The highest BCUT2D eigenvalue weighted by atomic mass is 32.2. The Labute approximate surface area is 228 Å². The van der Waals surface area contributed by atoms with Gasteiger partial charge in [0.25, 0.3) is 11.5 Å². The molecule has 1 amide bonds. The number of carbonyl (C=O) groups is 2. The quantitative estimate of drug-likeness (QED) is 0.253. The molecule has 1 aromatic heterocycles. The molecule has 1 unspecified atom stereocenters. The van der Waals surface area contributed by atoms with E-state index in [1.807, 2.05) is 13.8 Å². The van der Waals surface area contributed by atoms with Crippen LogP contribution in [0.2, 0.25) is 0 Å². The molecule has 0 bridgehead atoms. The molecule has 0 N–H and O–H groups in total. The molecule has 3 heterocycles. The number of thioether (sulfide) groups is 1. The van der Waals surface area contributed by atoms with E-state index in [-0.39, 0.29) is 35.0 Å². The number of piperidine rings is 1. The van der Waals surface area contributed by atoms with Crippen LogP contribution in [0.5, 0.6) is 0 Å². The molecule has 2 aliphatic heterocycles. The van der Waals surface area contributed by atoms with Crippen LogP contribution in [-0.4, -0.2) is 51.4 Å². The van der Waals surface area contributed by atoms with Crippen LogP contribution in [0.1, 0.15) is 76.5 Å². The van der Waals surface area contributed by atoms with E-state index < -0.39 is 0 Å². The minimum atomic E-state index is -0.319. The smallest absolute Gasteiger partial charge is 0.309 e. The Morgan fingerprint density at radius 1 is 1.27 bits per heavy atom. The average Bonchev–Trinajstić information content (AvgIpc) is 3.17. The van der Waals surface area contributed by atoms with Gasteiger partial charge in [0.05, 0.1) is 17.4 Å². The fourth-order valence-electron chi connectivity index (χ4n) is 4.77. The Hall–Kier alpha value is -2.64. The van der Waals surface area contributed by atoms with Gasteiger partial charge in [-0.2, -0.15) is 5.26 Å². The molecule has 2 saturated heterocycles. The van der Waals surface area contributed by atoms with E-state index in [1.54, 1.807) is 29.4 Å². The summed E-state index contributed by atoms with van der Waals surface area (Å²) < 4.78 is 7.42. The summed E-state index contributed by atoms with van der Waals surface area (Å²) in [7, 11) is 0. The molecule has 1 atom stereocenters. The number of carbonyl (C=O) groups excluding carboxylic acids is 2. The highest BCUT2D eigenvalue weighted by Crippen LogP contribution is 2.38. The summed E-state index contributed by atoms with van der Waals surface area (Å²) in [5.74, 6) is 0.184. The predicted molar refractivity (Wildman–Crippen MR) is 151 cm³/mol. The summed E-state index contributed by atoms with van der Waals surface area (Å²) in [5.41, 5.74) is 1.01. The molecular formula is C27H36N4O4S2. The Bertz CT molecular complexity index is 1190. The minimum Gasteiger partial charge on any atom is -0.466 e. The van der Waals surface area contributed by atoms with Crippen LogP contribution in [0.25, 0.3) is 6.08 Å². The van der Waals surface area contributed by atoms with Crippen molar-refractivity contribution in [2.75, 3.05) is 24.6 Å². The molecule has 2 aliphatic rings. The second-order valence-corrected chi connectivity index (χ2v) is 11.2. The molecule has 200 valence electrons. The number of aromatic nitrogens is 1. The van der Waals surface area contributed by atoms with Crippen molar-refractivity contribution < 1.29 is 14.3 Å². The Morgan fingerprint density at radius 2 is 1.95 bits per heavy atom. The van der Waals surface area contributed by atoms with Crippen molar-refractivity contribution in [1.29, 1.82) is 5.26 Å². The summed E-state index contributed by atoms with van der Waals surface area (Å²) in [6.45, 7) is 11.5. The predicted octanol–water partition coefficient (Wildman–Crippen LogP) is 4.61. The Morgan fingerprint density at radius 3 is 2.51 bits per heavy atom. The molecule has 8 nitrogen and oxygen atoms in total. The van der Waals surface area contributed by atoms with Gasteiger partial charge in [-0.25, -0.2) is 0 Å². The van der Waals surface area contributed by atoms with Crippen LogP contribution in [-0.2, 0) is 20.9 Å². The zero-order valence-electron chi connectivity index (χ0n) is 22.3. The van der Waals surface area contributed by atoms with Crippen LogP contribution < -0.4 is 10.5 Å².